The second-order valence-electron chi connectivity index (χ2n) is 6.65. The van der Waals surface area contributed by atoms with Gasteiger partial charge in [-0.25, -0.2) is 0 Å². The molecule has 0 aliphatic carbocycles. The van der Waals surface area contributed by atoms with Crippen molar-refractivity contribution in [3.63, 3.8) is 0 Å². The van der Waals surface area contributed by atoms with Gasteiger partial charge in [0.25, 0.3) is 0 Å². The van der Waals surface area contributed by atoms with E-state index in [-0.39, 0.29) is 46.1 Å². The summed E-state index contributed by atoms with van der Waals surface area (Å²) in [5, 5.41) is 37.2. The van der Waals surface area contributed by atoms with Crippen molar-refractivity contribution in [1.82, 2.24) is 0 Å². The average molecular weight is 360 g/mol. The Morgan fingerprint density at radius 1 is 0.750 bits per heavy atom. The summed E-state index contributed by atoms with van der Waals surface area (Å²) < 4.78 is 42.8. The standard InChI is InChI=1S/C16H31F3O5/c1-2-4-14(9-20,6-7-16(17,18)19)13-24-8-3-5-15(10-21,11-22)12-23/h20-23H,2-13H2,1H3. The maximum absolute atomic E-state index is 12.5. The van der Waals surface area contributed by atoms with Gasteiger partial charge in [0.15, 0.2) is 0 Å². The van der Waals surface area contributed by atoms with Crippen LogP contribution in [0.15, 0.2) is 0 Å². The van der Waals surface area contributed by atoms with E-state index in [2.05, 4.69) is 0 Å². The highest BCUT2D eigenvalue weighted by Crippen LogP contribution is 2.35. The zero-order valence-electron chi connectivity index (χ0n) is 14.3. The lowest BCUT2D eigenvalue weighted by Crippen LogP contribution is -2.35. The van der Waals surface area contributed by atoms with Gasteiger partial charge < -0.3 is 25.2 Å². The number of aliphatic hydroxyl groups is 4. The van der Waals surface area contributed by atoms with E-state index in [0.29, 0.717) is 25.7 Å². The molecule has 5 nitrogen and oxygen atoms in total. The molecule has 146 valence electrons. The van der Waals surface area contributed by atoms with Crippen molar-refractivity contribution in [2.24, 2.45) is 10.8 Å². The van der Waals surface area contributed by atoms with E-state index in [1.165, 1.54) is 0 Å². The molecule has 8 heteroatoms. The van der Waals surface area contributed by atoms with Gasteiger partial charge in [-0.2, -0.15) is 13.2 Å². The molecule has 1 unspecified atom stereocenters. The van der Waals surface area contributed by atoms with Gasteiger partial charge in [0.1, 0.15) is 0 Å². The molecule has 4 N–H and O–H groups in total. The van der Waals surface area contributed by atoms with Gasteiger partial charge in [0, 0.05) is 23.9 Å². The normalized spacial score (nSPS) is 15.5. The highest BCUT2D eigenvalue weighted by molar-refractivity contribution is 4.80. The van der Waals surface area contributed by atoms with E-state index in [4.69, 9.17) is 4.74 Å². The van der Waals surface area contributed by atoms with Gasteiger partial charge in [0.2, 0.25) is 0 Å². The Bertz CT molecular complexity index is 313. The first kappa shape index (κ1) is 23.6. The van der Waals surface area contributed by atoms with Crippen LogP contribution in [0.25, 0.3) is 0 Å². The fourth-order valence-electron chi connectivity index (χ4n) is 2.64. The molecule has 24 heavy (non-hydrogen) atoms. The quantitative estimate of drug-likeness (QED) is 0.355. The third-order valence-electron chi connectivity index (χ3n) is 4.46. The van der Waals surface area contributed by atoms with Crippen LogP contribution in [-0.4, -0.2) is 66.2 Å². The molecule has 0 heterocycles. The Morgan fingerprint density at radius 3 is 1.71 bits per heavy atom. The Balaban J connectivity index is 4.41. The van der Waals surface area contributed by atoms with Crippen LogP contribution in [0, 0.1) is 10.8 Å². The molecular formula is C16H31F3O5. The molecule has 0 bridgehead atoms. The SMILES string of the molecule is CCCC(CO)(CCC(F)(F)F)COCCCC(CO)(CO)CO. The molecule has 0 aromatic rings. The first-order valence-electron chi connectivity index (χ1n) is 8.30. The number of hydrogen-bond donors (Lipinski definition) is 4. The first-order valence-corrected chi connectivity index (χ1v) is 8.30. The van der Waals surface area contributed by atoms with Crippen LogP contribution in [0.3, 0.4) is 0 Å². The Kier molecular flexibility index (Phi) is 11.1. The number of ether oxygens (including phenoxy) is 1. The predicted octanol–water partition coefficient (Wildman–Crippen LogP) is 1.87. The molecule has 0 amide bonds. The average Bonchev–Trinajstić information content (AvgIpc) is 2.56. The number of rotatable bonds is 14. The van der Waals surface area contributed by atoms with Crippen molar-refractivity contribution in [3.8, 4) is 0 Å². The second kappa shape index (κ2) is 11.3. The predicted molar refractivity (Wildman–Crippen MR) is 83.5 cm³/mol. The van der Waals surface area contributed by atoms with E-state index in [9.17, 15) is 33.6 Å². The van der Waals surface area contributed by atoms with Gasteiger partial charge in [-0.1, -0.05) is 13.3 Å². The summed E-state index contributed by atoms with van der Waals surface area (Å²) in [5.74, 6) is 0. The van der Waals surface area contributed by atoms with Gasteiger partial charge in [-0.3, -0.25) is 0 Å². The molecule has 0 aromatic heterocycles. The molecule has 0 spiro atoms. The van der Waals surface area contributed by atoms with Gasteiger partial charge >= 0.3 is 6.18 Å². The van der Waals surface area contributed by atoms with Crippen LogP contribution < -0.4 is 0 Å². The fourth-order valence-corrected chi connectivity index (χ4v) is 2.64. The Hall–Kier alpha value is -0.410. The van der Waals surface area contributed by atoms with E-state index in [1.54, 1.807) is 0 Å². The van der Waals surface area contributed by atoms with Crippen molar-refractivity contribution >= 4 is 0 Å². The zero-order chi connectivity index (χ0) is 18.7. The third kappa shape index (κ3) is 8.62. The lowest BCUT2D eigenvalue weighted by Gasteiger charge is -2.32. The van der Waals surface area contributed by atoms with E-state index in [1.807, 2.05) is 6.92 Å². The fraction of sp³-hybridized carbons (Fsp3) is 1.00. The molecule has 0 radical (unpaired) electrons. The van der Waals surface area contributed by atoms with Crippen LogP contribution in [0.2, 0.25) is 0 Å². The summed E-state index contributed by atoms with van der Waals surface area (Å²) >= 11 is 0. The summed E-state index contributed by atoms with van der Waals surface area (Å²) in [6, 6.07) is 0. The van der Waals surface area contributed by atoms with Crippen molar-refractivity contribution in [1.29, 1.82) is 0 Å². The van der Waals surface area contributed by atoms with Crippen molar-refractivity contribution in [2.45, 2.75) is 51.6 Å². The van der Waals surface area contributed by atoms with Crippen LogP contribution in [0.5, 0.6) is 0 Å². The number of aliphatic hydroxyl groups excluding tert-OH is 4. The molecule has 0 fully saturated rings. The zero-order valence-corrected chi connectivity index (χ0v) is 14.3. The van der Waals surface area contributed by atoms with Crippen molar-refractivity contribution in [3.05, 3.63) is 0 Å². The van der Waals surface area contributed by atoms with Crippen molar-refractivity contribution < 1.29 is 38.3 Å². The van der Waals surface area contributed by atoms with Crippen LogP contribution in [0.1, 0.15) is 45.4 Å². The molecule has 0 aliphatic rings. The maximum Gasteiger partial charge on any atom is 0.389 e. The summed E-state index contributed by atoms with van der Waals surface area (Å²) in [5.41, 5.74) is -1.89. The van der Waals surface area contributed by atoms with Crippen LogP contribution >= 0.6 is 0 Å². The lowest BCUT2D eigenvalue weighted by atomic mass is 9.80. The third-order valence-corrected chi connectivity index (χ3v) is 4.46. The van der Waals surface area contributed by atoms with Gasteiger partial charge in [-0.05, 0) is 25.7 Å². The highest BCUT2D eigenvalue weighted by atomic mass is 19.4. The molecule has 0 saturated carbocycles. The van der Waals surface area contributed by atoms with Gasteiger partial charge in [0.05, 0.1) is 33.0 Å². The largest absolute Gasteiger partial charge is 0.396 e. The highest BCUT2D eigenvalue weighted by Gasteiger charge is 2.36. The van der Waals surface area contributed by atoms with E-state index < -0.39 is 23.4 Å². The minimum atomic E-state index is -4.27. The summed E-state index contributed by atoms with van der Waals surface area (Å²) in [7, 11) is 0. The molecular weight excluding hydrogens is 329 g/mol. The topological polar surface area (TPSA) is 90.2 Å². The van der Waals surface area contributed by atoms with Crippen molar-refractivity contribution in [2.75, 3.05) is 39.6 Å². The molecule has 1 atom stereocenters. The summed E-state index contributed by atoms with van der Waals surface area (Å²) in [6.45, 7) is 0.643. The van der Waals surface area contributed by atoms with Crippen LogP contribution in [0.4, 0.5) is 13.2 Å². The molecule has 0 aromatic carbocycles. The molecule has 0 rings (SSSR count). The minimum absolute atomic E-state index is 0.0256. The first-order chi connectivity index (χ1) is 11.2. The number of hydrogen-bond acceptors (Lipinski definition) is 5. The van der Waals surface area contributed by atoms with Gasteiger partial charge in [-0.15, -0.1) is 0 Å². The summed E-state index contributed by atoms with van der Waals surface area (Å²) in [6.07, 6.45) is -3.56. The summed E-state index contributed by atoms with van der Waals surface area (Å²) in [4.78, 5) is 0. The Morgan fingerprint density at radius 2 is 1.29 bits per heavy atom. The second-order valence-corrected chi connectivity index (χ2v) is 6.65. The number of alkyl halides is 3. The smallest absolute Gasteiger partial charge is 0.389 e. The van der Waals surface area contributed by atoms with Crippen LogP contribution in [-0.2, 0) is 4.74 Å². The maximum atomic E-state index is 12.5. The molecule has 0 saturated heterocycles. The lowest BCUT2D eigenvalue weighted by molar-refractivity contribution is -0.146. The molecule has 0 aliphatic heterocycles. The van der Waals surface area contributed by atoms with E-state index >= 15 is 0 Å². The van der Waals surface area contributed by atoms with E-state index in [0.717, 1.165) is 0 Å². The minimum Gasteiger partial charge on any atom is -0.396 e. The Labute approximate surface area is 141 Å². The number of halogens is 3. The monoisotopic (exact) mass is 360 g/mol.